The van der Waals surface area contributed by atoms with Gasteiger partial charge in [0.2, 0.25) is 5.78 Å². The zero-order valence-corrected chi connectivity index (χ0v) is 11.3. The highest BCUT2D eigenvalue weighted by Crippen LogP contribution is 2.22. The Morgan fingerprint density at radius 1 is 1.15 bits per heavy atom. The van der Waals surface area contributed by atoms with Crippen LogP contribution in [-0.2, 0) is 6.54 Å². The Balaban J connectivity index is 1.96. The minimum Gasteiger partial charge on any atom is -0.494 e. The zero-order valence-electron chi connectivity index (χ0n) is 11.3. The van der Waals surface area contributed by atoms with Gasteiger partial charge in [0.15, 0.2) is 0 Å². The molecule has 0 aliphatic carbocycles. The fraction of sp³-hybridized carbons (Fsp3) is 0.200. The van der Waals surface area contributed by atoms with E-state index in [1.54, 1.807) is 0 Å². The Labute approximate surface area is 117 Å². The lowest BCUT2D eigenvalue weighted by atomic mass is 10.1. The molecule has 5 nitrogen and oxygen atoms in total. The molecule has 0 saturated carbocycles. The predicted molar refractivity (Wildman–Crippen MR) is 77.5 cm³/mol. The van der Waals surface area contributed by atoms with Gasteiger partial charge in [-0.05, 0) is 24.6 Å². The average molecular weight is 268 g/mol. The Morgan fingerprint density at radius 2 is 1.95 bits per heavy atom. The maximum absolute atomic E-state index is 5.59. The van der Waals surface area contributed by atoms with E-state index in [2.05, 4.69) is 9.97 Å². The maximum Gasteiger partial charge on any atom is 0.233 e. The second-order valence-electron chi connectivity index (χ2n) is 4.44. The number of nitrogens with zero attached hydrogens (tertiary/aromatic N) is 3. The summed E-state index contributed by atoms with van der Waals surface area (Å²) in [6.45, 7) is 3.06. The van der Waals surface area contributed by atoms with Gasteiger partial charge in [-0.15, -0.1) is 0 Å². The first kappa shape index (κ1) is 12.6. The number of hydrogen-bond acceptors (Lipinski definition) is 4. The number of hydrogen-bond donors (Lipinski definition) is 1. The van der Waals surface area contributed by atoms with E-state index in [0.717, 1.165) is 22.6 Å². The summed E-state index contributed by atoms with van der Waals surface area (Å²) >= 11 is 0. The molecule has 0 aliphatic heterocycles. The summed E-state index contributed by atoms with van der Waals surface area (Å²) in [5.41, 5.74) is 8.54. The van der Waals surface area contributed by atoms with Crippen molar-refractivity contribution in [3.8, 4) is 16.9 Å². The summed E-state index contributed by atoms with van der Waals surface area (Å²) in [7, 11) is 0. The molecule has 2 aromatic heterocycles. The molecule has 3 rings (SSSR count). The number of benzene rings is 1. The molecule has 2 heterocycles. The van der Waals surface area contributed by atoms with Crippen LogP contribution in [0.2, 0.25) is 0 Å². The Kier molecular flexibility index (Phi) is 3.35. The Hall–Kier alpha value is -2.40. The van der Waals surface area contributed by atoms with Crippen molar-refractivity contribution in [3.63, 3.8) is 0 Å². The largest absolute Gasteiger partial charge is 0.494 e. The van der Waals surface area contributed by atoms with E-state index in [9.17, 15) is 0 Å². The molecule has 0 amide bonds. The first-order valence-electron chi connectivity index (χ1n) is 6.57. The van der Waals surface area contributed by atoms with E-state index < -0.39 is 0 Å². The van der Waals surface area contributed by atoms with E-state index >= 15 is 0 Å². The fourth-order valence-electron chi connectivity index (χ4n) is 2.09. The molecule has 0 saturated heterocycles. The minimum absolute atomic E-state index is 0.418. The van der Waals surface area contributed by atoms with Crippen molar-refractivity contribution < 1.29 is 4.74 Å². The van der Waals surface area contributed by atoms with Crippen molar-refractivity contribution in [1.29, 1.82) is 0 Å². The van der Waals surface area contributed by atoms with Crippen LogP contribution in [0.3, 0.4) is 0 Å². The second-order valence-corrected chi connectivity index (χ2v) is 4.44. The maximum atomic E-state index is 5.59. The second kappa shape index (κ2) is 5.30. The zero-order chi connectivity index (χ0) is 13.9. The minimum atomic E-state index is 0.418. The fourth-order valence-corrected chi connectivity index (χ4v) is 2.09. The van der Waals surface area contributed by atoms with Crippen LogP contribution < -0.4 is 10.5 Å². The number of nitrogens with two attached hydrogens (primary N) is 1. The van der Waals surface area contributed by atoms with E-state index in [4.69, 9.17) is 10.5 Å². The molecule has 102 valence electrons. The van der Waals surface area contributed by atoms with Crippen molar-refractivity contribution in [3.05, 3.63) is 48.5 Å². The molecule has 1 aromatic carbocycles. The van der Waals surface area contributed by atoms with Crippen LogP contribution in [0, 0.1) is 0 Å². The Morgan fingerprint density at radius 3 is 2.65 bits per heavy atom. The molecule has 0 bridgehead atoms. The summed E-state index contributed by atoms with van der Waals surface area (Å²) in [5.74, 6) is 1.54. The molecule has 0 aliphatic rings. The molecule has 0 fully saturated rings. The molecule has 3 aromatic rings. The molecular formula is C15H16N4O. The highest BCUT2D eigenvalue weighted by Gasteiger charge is 2.04. The van der Waals surface area contributed by atoms with Gasteiger partial charge in [-0.2, -0.15) is 0 Å². The number of ether oxygens (including phenoxy) is 1. The van der Waals surface area contributed by atoms with Crippen molar-refractivity contribution in [1.82, 2.24) is 14.4 Å². The van der Waals surface area contributed by atoms with Crippen LogP contribution in [0.25, 0.3) is 16.9 Å². The summed E-state index contributed by atoms with van der Waals surface area (Å²) < 4.78 is 7.34. The van der Waals surface area contributed by atoms with Gasteiger partial charge in [0.1, 0.15) is 5.75 Å². The van der Waals surface area contributed by atoms with E-state index in [-0.39, 0.29) is 0 Å². The molecule has 0 unspecified atom stereocenters. The Bertz CT molecular complexity index is 718. The topological polar surface area (TPSA) is 65.4 Å². The third-order valence-corrected chi connectivity index (χ3v) is 3.07. The van der Waals surface area contributed by atoms with Crippen LogP contribution >= 0.6 is 0 Å². The van der Waals surface area contributed by atoms with Crippen molar-refractivity contribution in [2.24, 2.45) is 5.73 Å². The van der Waals surface area contributed by atoms with Crippen LogP contribution in [0.5, 0.6) is 5.75 Å². The molecule has 0 atom stereocenters. The summed E-state index contributed by atoms with van der Waals surface area (Å²) in [5, 5.41) is 0. The van der Waals surface area contributed by atoms with Crippen molar-refractivity contribution in [2.75, 3.05) is 6.61 Å². The first-order valence-corrected chi connectivity index (χ1v) is 6.57. The monoisotopic (exact) mass is 268 g/mol. The van der Waals surface area contributed by atoms with Gasteiger partial charge >= 0.3 is 0 Å². The summed E-state index contributed by atoms with van der Waals surface area (Å²) in [6, 6.07) is 7.97. The van der Waals surface area contributed by atoms with Gasteiger partial charge in [-0.3, -0.25) is 4.40 Å². The molecular weight excluding hydrogens is 252 g/mol. The normalized spacial score (nSPS) is 10.9. The standard InChI is InChI=1S/C15H16N4O/c1-2-20-14-5-3-11(4-6-14)12-8-17-15-18-13(7-16)10-19(15)9-12/h3-6,8-10H,2,7,16H2,1H3. The predicted octanol–water partition coefficient (Wildman–Crippen LogP) is 2.25. The number of aromatic nitrogens is 3. The van der Waals surface area contributed by atoms with Crippen LogP contribution in [0.1, 0.15) is 12.6 Å². The van der Waals surface area contributed by atoms with Gasteiger partial charge in [-0.25, -0.2) is 9.97 Å². The summed E-state index contributed by atoms with van der Waals surface area (Å²) in [4.78, 5) is 8.66. The lowest BCUT2D eigenvalue weighted by molar-refractivity contribution is 0.340. The molecule has 0 spiro atoms. The SMILES string of the molecule is CCOc1ccc(-c2cnc3nc(CN)cn3c2)cc1. The van der Waals surface area contributed by atoms with Gasteiger partial charge in [0.05, 0.1) is 12.3 Å². The van der Waals surface area contributed by atoms with Gasteiger partial charge in [0.25, 0.3) is 0 Å². The van der Waals surface area contributed by atoms with Gasteiger partial charge in [-0.1, -0.05) is 12.1 Å². The van der Waals surface area contributed by atoms with Gasteiger partial charge in [0, 0.05) is 30.7 Å². The molecule has 5 heteroatoms. The van der Waals surface area contributed by atoms with Crippen molar-refractivity contribution >= 4 is 5.78 Å². The average Bonchev–Trinajstić information content (AvgIpc) is 2.90. The van der Waals surface area contributed by atoms with Crippen molar-refractivity contribution in [2.45, 2.75) is 13.5 Å². The highest BCUT2D eigenvalue weighted by molar-refractivity contribution is 5.63. The third-order valence-electron chi connectivity index (χ3n) is 3.07. The van der Waals surface area contributed by atoms with E-state index in [1.807, 2.05) is 54.2 Å². The van der Waals surface area contributed by atoms with Crippen LogP contribution in [-0.4, -0.2) is 21.0 Å². The smallest absolute Gasteiger partial charge is 0.233 e. The lowest BCUT2D eigenvalue weighted by Crippen LogP contribution is -1.95. The van der Waals surface area contributed by atoms with Crippen LogP contribution in [0.15, 0.2) is 42.9 Å². The third kappa shape index (κ3) is 2.35. The number of rotatable bonds is 4. The molecule has 20 heavy (non-hydrogen) atoms. The number of fused-ring (bicyclic) bond motifs is 1. The summed E-state index contributed by atoms with van der Waals surface area (Å²) in [6.07, 6.45) is 5.73. The van der Waals surface area contributed by atoms with Crippen LogP contribution in [0.4, 0.5) is 0 Å². The highest BCUT2D eigenvalue weighted by atomic mass is 16.5. The van der Waals surface area contributed by atoms with E-state index in [1.165, 1.54) is 0 Å². The first-order chi connectivity index (χ1) is 9.80. The number of imidazole rings is 1. The van der Waals surface area contributed by atoms with Gasteiger partial charge < -0.3 is 10.5 Å². The lowest BCUT2D eigenvalue weighted by Gasteiger charge is -2.05. The molecule has 2 N–H and O–H groups in total. The quantitative estimate of drug-likeness (QED) is 0.788. The van der Waals surface area contributed by atoms with E-state index in [0.29, 0.717) is 18.9 Å². The molecule has 0 radical (unpaired) electrons.